The average Bonchev–Trinajstić information content (AvgIpc) is 3.15. The Hall–Kier alpha value is -1.95. The van der Waals surface area contributed by atoms with Crippen LogP contribution in [0.1, 0.15) is 26.5 Å². The molecule has 0 aliphatic heterocycles. The maximum Gasteiger partial charge on any atom is 0.329 e. The van der Waals surface area contributed by atoms with Crippen LogP contribution in [0.15, 0.2) is 34.1 Å². The average molecular weight is 536 g/mol. The molecular weight excluding hydrogens is 520 g/mol. The van der Waals surface area contributed by atoms with Crippen LogP contribution < -0.4 is 5.32 Å². The summed E-state index contributed by atoms with van der Waals surface area (Å²) in [5, 5.41) is 13.2. The number of amides is 1. The number of hydrogen-bond donors (Lipinski definition) is 1. The van der Waals surface area contributed by atoms with Crippen molar-refractivity contribution in [2.75, 3.05) is 18.6 Å². The Bertz CT molecular complexity index is 968. The van der Waals surface area contributed by atoms with Gasteiger partial charge in [-0.3, -0.25) is 19.7 Å². The minimum atomic E-state index is -1.00. The molecule has 8 nitrogen and oxygen atoms in total. The van der Waals surface area contributed by atoms with Gasteiger partial charge in [0, 0.05) is 12.1 Å². The summed E-state index contributed by atoms with van der Waals surface area (Å²) >= 11 is 11.9. The highest BCUT2D eigenvalue weighted by Crippen LogP contribution is 2.23. The third-order valence-corrected chi connectivity index (χ3v) is 6.42. The number of thioether (sulfide) groups is 1. The van der Waals surface area contributed by atoms with Crippen molar-refractivity contribution in [1.29, 1.82) is 0 Å². The van der Waals surface area contributed by atoms with Crippen molar-refractivity contribution < 1.29 is 24.0 Å². The van der Waals surface area contributed by atoms with Gasteiger partial charge in [-0.05, 0) is 52.6 Å². The zero-order chi connectivity index (χ0) is 22.3. The number of Topliss-reactive ketones (excluding diaryl/α,β-unsaturated/α-hetero) is 1. The second-order valence-electron chi connectivity index (χ2n) is 5.86. The summed E-state index contributed by atoms with van der Waals surface area (Å²) in [5.74, 6) is -1.22. The minimum absolute atomic E-state index is 0.0104. The molecule has 0 saturated carbocycles. The molecule has 12 heteroatoms. The fourth-order valence-electron chi connectivity index (χ4n) is 2.29. The van der Waals surface area contributed by atoms with Crippen LogP contribution in [0.3, 0.4) is 0 Å². The quantitative estimate of drug-likeness (QED) is 0.208. The molecule has 0 spiro atoms. The molecule has 30 heavy (non-hydrogen) atoms. The molecule has 0 radical (unpaired) electrons. The largest absolute Gasteiger partial charge is 0.456 e. The number of ether oxygens (including phenoxy) is 1. The van der Waals surface area contributed by atoms with E-state index in [2.05, 4.69) is 21.2 Å². The van der Waals surface area contributed by atoms with Crippen molar-refractivity contribution in [3.63, 3.8) is 0 Å². The number of nitrogens with zero attached hydrogens (tertiary/aromatic N) is 1. The van der Waals surface area contributed by atoms with Crippen molar-refractivity contribution in [3.8, 4) is 0 Å². The molecule has 1 heterocycles. The maximum absolute atomic E-state index is 12.5. The smallest absolute Gasteiger partial charge is 0.329 e. The van der Waals surface area contributed by atoms with Crippen LogP contribution in [0.25, 0.3) is 0 Å². The number of halogens is 2. The van der Waals surface area contributed by atoms with Gasteiger partial charge in [0.15, 0.2) is 6.61 Å². The summed E-state index contributed by atoms with van der Waals surface area (Å²) in [6.45, 7) is -0.449. The molecule has 0 aliphatic rings. The molecule has 0 saturated heterocycles. The summed E-state index contributed by atoms with van der Waals surface area (Å²) in [7, 11) is 0. The van der Waals surface area contributed by atoms with E-state index in [1.807, 2.05) is 6.26 Å². The lowest BCUT2D eigenvalue weighted by molar-refractivity contribution is -0.384. The number of nitro groups is 1. The number of nitrogens with one attached hydrogen (secondary N) is 1. The molecular formula is C18H16BrClN2O6S2. The summed E-state index contributed by atoms with van der Waals surface area (Å²) in [6.07, 6.45) is 2.12. The van der Waals surface area contributed by atoms with Crippen LogP contribution in [0.4, 0.5) is 5.69 Å². The third-order valence-electron chi connectivity index (χ3n) is 3.80. The third kappa shape index (κ3) is 6.79. The Morgan fingerprint density at radius 1 is 1.33 bits per heavy atom. The van der Waals surface area contributed by atoms with Crippen molar-refractivity contribution in [3.05, 3.63) is 59.7 Å². The standard InChI is InChI=1S/C18H16BrClN2O6S2/c1-29-7-6-13(18(25)28-9-14(23)15-4-5-16(19)30-15)21-17(24)11-3-2-10(22(26)27)8-12(11)20/h2-5,8,13H,6-7,9H2,1H3,(H,21,24)/t13-/m0/s1. The van der Waals surface area contributed by atoms with Gasteiger partial charge in [0.05, 0.1) is 24.2 Å². The lowest BCUT2D eigenvalue weighted by Gasteiger charge is -2.17. The Labute approximate surface area is 193 Å². The molecule has 1 N–H and O–H groups in total. The second kappa shape index (κ2) is 11.4. The normalized spacial score (nSPS) is 11.6. The summed E-state index contributed by atoms with van der Waals surface area (Å²) in [6, 6.07) is 5.76. The molecule has 1 atom stereocenters. The molecule has 160 valence electrons. The van der Waals surface area contributed by atoms with E-state index in [9.17, 15) is 24.5 Å². The van der Waals surface area contributed by atoms with Crippen molar-refractivity contribution in [2.45, 2.75) is 12.5 Å². The second-order valence-corrected chi connectivity index (χ2v) is 9.72. The van der Waals surface area contributed by atoms with Crippen molar-refractivity contribution in [2.24, 2.45) is 0 Å². The van der Waals surface area contributed by atoms with Gasteiger partial charge in [0.25, 0.3) is 11.6 Å². The van der Waals surface area contributed by atoms with Crippen molar-refractivity contribution in [1.82, 2.24) is 5.32 Å². The number of carbonyl (C=O) groups is 3. The van der Waals surface area contributed by atoms with E-state index in [1.54, 1.807) is 12.1 Å². The van der Waals surface area contributed by atoms with Crippen LogP contribution in [0.2, 0.25) is 5.02 Å². The molecule has 1 amide bonds. The fraction of sp³-hybridized carbons (Fsp3) is 0.278. The lowest BCUT2D eigenvalue weighted by atomic mass is 10.1. The van der Waals surface area contributed by atoms with Gasteiger partial charge in [-0.25, -0.2) is 4.79 Å². The minimum Gasteiger partial charge on any atom is -0.456 e. The van der Waals surface area contributed by atoms with Gasteiger partial charge in [-0.1, -0.05) is 11.6 Å². The van der Waals surface area contributed by atoms with Crippen LogP contribution in [-0.2, 0) is 9.53 Å². The first-order chi connectivity index (χ1) is 14.2. The summed E-state index contributed by atoms with van der Waals surface area (Å²) in [4.78, 5) is 47.7. The Morgan fingerprint density at radius 2 is 2.07 bits per heavy atom. The molecule has 2 aromatic rings. The number of benzene rings is 1. The topological polar surface area (TPSA) is 116 Å². The lowest BCUT2D eigenvalue weighted by Crippen LogP contribution is -2.42. The van der Waals surface area contributed by atoms with E-state index in [4.69, 9.17) is 16.3 Å². The molecule has 0 aliphatic carbocycles. The number of hydrogen-bond acceptors (Lipinski definition) is 8. The first kappa shape index (κ1) is 24.3. The highest BCUT2D eigenvalue weighted by molar-refractivity contribution is 9.11. The van der Waals surface area contributed by atoms with Crippen LogP contribution in [0, 0.1) is 10.1 Å². The Kier molecular flexibility index (Phi) is 9.28. The number of nitro benzene ring substituents is 1. The van der Waals surface area contributed by atoms with Gasteiger partial charge in [0.1, 0.15) is 6.04 Å². The zero-order valence-corrected chi connectivity index (χ0v) is 19.5. The first-order valence-electron chi connectivity index (χ1n) is 8.41. The number of non-ortho nitro benzene ring substituents is 1. The maximum atomic E-state index is 12.5. The van der Waals surface area contributed by atoms with E-state index >= 15 is 0 Å². The van der Waals surface area contributed by atoms with Gasteiger partial charge >= 0.3 is 5.97 Å². The molecule has 2 rings (SSSR count). The monoisotopic (exact) mass is 534 g/mol. The van der Waals surface area contributed by atoms with Crippen molar-refractivity contribution >= 4 is 74.0 Å². The highest BCUT2D eigenvalue weighted by atomic mass is 79.9. The van der Waals surface area contributed by atoms with Crippen LogP contribution in [0.5, 0.6) is 0 Å². The van der Waals surface area contributed by atoms with Gasteiger partial charge in [-0.2, -0.15) is 11.8 Å². The molecule has 1 aromatic heterocycles. The van der Waals surface area contributed by atoms with Gasteiger partial charge < -0.3 is 10.1 Å². The number of carbonyl (C=O) groups excluding carboxylic acids is 3. The Balaban J connectivity index is 2.05. The highest BCUT2D eigenvalue weighted by Gasteiger charge is 2.25. The van der Waals surface area contributed by atoms with Crippen LogP contribution >= 0.6 is 50.6 Å². The number of ketones is 1. The zero-order valence-electron chi connectivity index (χ0n) is 15.6. The van der Waals surface area contributed by atoms with E-state index in [-0.39, 0.29) is 28.5 Å². The Morgan fingerprint density at radius 3 is 2.63 bits per heavy atom. The first-order valence-corrected chi connectivity index (χ1v) is 11.8. The van der Waals surface area contributed by atoms with E-state index in [0.717, 1.165) is 15.9 Å². The van der Waals surface area contributed by atoms with Crippen LogP contribution in [-0.4, -0.2) is 47.2 Å². The van der Waals surface area contributed by atoms with E-state index in [1.165, 1.54) is 29.2 Å². The summed E-state index contributed by atoms with van der Waals surface area (Å²) < 4.78 is 5.88. The fourth-order valence-corrected chi connectivity index (χ4v) is 4.34. The predicted octanol–water partition coefficient (Wildman–Crippen LogP) is 4.35. The van der Waals surface area contributed by atoms with Gasteiger partial charge in [-0.15, -0.1) is 11.3 Å². The molecule has 1 aromatic carbocycles. The number of esters is 1. The molecule has 0 fully saturated rings. The SMILES string of the molecule is CSCC[C@H](NC(=O)c1ccc([N+](=O)[O-])cc1Cl)C(=O)OCC(=O)c1ccc(Br)s1. The molecule has 0 bridgehead atoms. The summed E-state index contributed by atoms with van der Waals surface area (Å²) in [5.41, 5.74) is -0.266. The van der Waals surface area contributed by atoms with Gasteiger partial charge in [0.2, 0.25) is 5.78 Å². The molecule has 0 unspecified atom stereocenters. The number of rotatable bonds is 10. The van der Waals surface area contributed by atoms with E-state index < -0.39 is 29.4 Å². The van der Waals surface area contributed by atoms with E-state index in [0.29, 0.717) is 10.6 Å². The predicted molar refractivity (Wildman–Crippen MR) is 120 cm³/mol. The number of thiophene rings is 1.